The molecule has 31 heavy (non-hydrogen) atoms. The number of amides is 1. The van der Waals surface area contributed by atoms with Gasteiger partial charge in [-0.25, -0.2) is 5.84 Å². The first-order valence-electron chi connectivity index (χ1n) is 10.6. The summed E-state index contributed by atoms with van der Waals surface area (Å²) in [5.74, 6) is 5.85. The molecule has 0 fully saturated rings. The van der Waals surface area contributed by atoms with E-state index in [0.29, 0.717) is 16.7 Å². The van der Waals surface area contributed by atoms with Crippen molar-refractivity contribution in [1.82, 2.24) is 14.6 Å². The fraction of sp³-hybridized carbons (Fsp3) is 0.375. The fourth-order valence-corrected chi connectivity index (χ4v) is 4.14. The lowest BCUT2D eigenvalue weighted by molar-refractivity contribution is 0.0744. The van der Waals surface area contributed by atoms with Crippen molar-refractivity contribution in [2.75, 3.05) is 0 Å². The van der Waals surface area contributed by atoms with Crippen LogP contribution in [-0.2, 0) is 13.0 Å². The number of hydrazine groups is 1. The smallest absolute Gasteiger partial charge is 0.268 e. The summed E-state index contributed by atoms with van der Waals surface area (Å²) in [5, 5.41) is 9.64. The lowest BCUT2D eigenvalue weighted by Crippen LogP contribution is -2.39. The van der Waals surface area contributed by atoms with E-state index >= 15 is 0 Å². The number of aryl methyl sites for hydroxylation is 3. The summed E-state index contributed by atoms with van der Waals surface area (Å²) < 4.78 is 2.10. The number of hydrogen-bond acceptors (Lipinski definition) is 4. The number of nitrogens with two attached hydrogens (primary N) is 1. The van der Waals surface area contributed by atoms with Gasteiger partial charge in [0.05, 0.1) is 12.1 Å². The third-order valence-corrected chi connectivity index (χ3v) is 5.57. The van der Waals surface area contributed by atoms with Gasteiger partial charge in [0, 0.05) is 40.6 Å². The van der Waals surface area contributed by atoms with Crippen LogP contribution in [0.4, 0.5) is 0 Å². The lowest BCUT2D eigenvalue weighted by Gasteiger charge is -2.20. The Morgan fingerprint density at radius 2 is 2.00 bits per heavy atom. The fourth-order valence-electron chi connectivity index (χ4n) is 4.14. The second-order valence-electron chi connectivity index (χ2n) is 8.39. The van der Waals surface area contributed by atoms with Crippen LogP contribution in [0, 0.1) is 19.3 Å². The predicted molar refractivity (Wildman–Crippen MR) is 125 cm³/mol. The average molecular weight is 422 g/mol. The van der Waals surface area contributed by atoms with Crippen LogP contribution in [0.15, 0.2) is 29.2 Å². The minimum absolute atomic E-state index is 0.0179. The highest BCUT2D eigenvalue weighted by atomic mass is 16.2. The topological polar surface area (TPSA) is 108 Å². The number of carbonyl (C=O) groups excluding carboxylic acids is 1. The molecule has 4 N–H and O–H groups in total. The Hall–Kier alpha value is -3.19. The van der Waals surface area contributed by atoms with Crippen molar-refractivity contribution in [1.29, 1.82) is 5.41 Å². The highest BCUT2D eigenvalue weighted by Crippen LogP contribution is 2.29. The lowest BCUT2D eigenvalue weighted by atomic mass is 10.0. The first-order chi connectivity index (χ1) is 14.7. The van der Waals surface area contributed by atoms with E-state index in [1.54, 1.807) is 6.07 Å². The number of hydrogen-bond donors (Lipinski definition) is 3. The zero-order chi connectivity index (χ0) is 22.9. The molecule has 0 spiro atoms. The summed E-state index contributed by atoms with van der Waals surface area (Å²) >= 11 is 0. The molecular formula is C24H31N5O2. The first-order valence-corrected chi connectivity index (χ1v) is 10.6. The maximum Gasteiger partial charge on any atom is 0.268 e. The summed E-state index contributed by atoms with van der Waals surface area (Å²) in [5.41, 5.74) is 4.93. The Morgan fingerprint density at radius 3 is 2.61 bits per heavy atom. The maximum absolute atomic E-state index is 13.4. The van der Waals surface area contributed by atoms with Gasteiger partial charge < -0.3 is 15.0 Å². The minimum atomic E-state index is -0.374. The van der Waals surface area contributed by atoms with E-state index in [9.17, 15) is 9.59 Å². The zero-order valence-corrected chi connectivity index (χ0v) is 18.9. The Labute approximate surface area is 182 Å². The Morgan fingerprint density at radius 1 is 1.29 bits per heavy atom. The van der Waals surface area contributed by atoms with Crippen molar-refractivity contribution >= 4 is 23.0 Å². The molecule has 0 aliphatic rings. The van der Waals surface area contributed by atoms with E-state index in [4.69, 9.17) is 11.3 Å². The van der Waals surface area contributed by atoms with Crippen molar-refractivity contribution in [2.45, 2.75) is 60.0 Å². The van der Waals surface area contributed by atoms with Gasteiger partial charge in [-0.3, -0.25) is 14.6 Å². The monoisotopic (exact) mass is 421 g/mol. The Balaban J connectivity index is 2.08. The highest BCUT2D eigenvalue weighted by molar-refractivity contribution is 6.09. The second-order valence-corrected chi connectivity index (χ2v) is 8.39. The van der Waals surface area contributed by atoms with Crippen LogP contribution in [-0.4, -0.2) is 26.7 Å². The molecule has 0 aliphatic carbocycles. The number of rotatable bonds is 7. The summed E-state index contributed by atoms with van der Waals surface area (Å²) in [4.78, 5) is 28.8. The molecule has 3 aromatic rings. The van der Waals surface area contributed by atoms with Crippen LogP contribution in [0.2, 0.25) is 0 Å². The number of nitrogens with zero attached hydrogens (tertiary/aromatic N) is 2. The van der Waals surface area contributed by atoms with Gasteiger partial charge in [-0.2, -0.15) is 0 Å². The number of carbonyl (C=O) groups is 1. The standard InChI is InChI=1S/C24H31N5O2/c1-6-7-18-8-16(5)27-23(30)20(18)13-29(26)24(31)19-9-17(11-25)10-21-22(19)15(4)12-28(21)14(2)3/h8-12,14,25H,6-7,13,26H2,1-5H3,(H,27,30). The van der Waals surface area contributed by atoms with Gasteiger partial charge in [0.15, 0.2) is 0 Å². The van der Waals surface area contributed by atoms with E-state index < -0.39 is 0 Å². The first kappa shape index (κ1) is 22.5. The molecule has 0 aliphatic heterocycles. The number of nitrogens with one attached hydrogen (secondary N) is 2. The number of pyridine rings is 1. The molecule has 7 nitrogen and oxygen atoms in total. The Bertz CT molecular complexity index is 1200. The molecule has 1 aromatic carbocycles. The number of fused-ring (bicyclic) bond motifs is 1. The number of aromatic nitrogens is 2. The van der Waals surface area contributed by atoms with Crippen molar-refractivity contribution in [3.8, 4) is 0 Å². The molecule has 0 radical (unpaired) electrons. The zero-order valence-electron chi connectivity index (χ0n) is 18.9. The molecule has 0 unspecified atom stereocenters. The second kappa shape index (κ2) is 8.89. The SMILES string of the molecule is CCCc1cc(C)[nH]c(=O)c1CN(N)C(=O)c1cc(C=N)cc2c1c(C)cn2C(C)C. The molecule has 0 saturated heterocycles. The van der Waals surface area contributed by atoms with Crippen molar-refractivity contribution in [3.63, 3.8) is 0 Å². The van der Waals surface area contributed by atoms with Crippen LogP contribution < -0.4 is 11.4 Å². The molecule has 0 saturated carbocycles. The van der Waals surface area contributed by atoms with Crippen molar-refractivity contribution < 1.29 is 4.79 Å². The molecule has 7 heteroatoms. The van der Waals surface area contributed by atoms with Crippen LogP contribution in [0.5, 0.6) is 0 Å². The van der Waals surface area contributed by atoms with Crippen LogP contribution in [0.25, 0.3) is 10.9 Å². The molecule has 0 atom stereocenters. The summed E-state index contributed by atoms with van der Waals surface area (Å²) in [6, 6.07) is 5.76. The highest BCUT2D eigenvalue weighted by Gasteiger charge is 2.22. The van der Waals surface area contributed by atoms with Gasteiger partial charge in [-0.1, -0.05) is 13.3 Å². The molecular weight excluding hydrogens is 390 g/mol. The van der Waals surface area contributed by atoms with E-state index in [1.807, 2.05) is 39.1 Å². The van der Waals surface area contributed by atoms with Crippen LogP contribution in [0.3, 0.4) is 0 Å². The number of H-pyrrole nitrogens is 1. The van der Waals surface area contributed by atoms with Gasteiger partial charge in [0.1, 0.15) is 0 Å². The summed E-state index contributed by atoms with van der Waals surface area (Å²) in [6.45, 7) is 10.0. The van der Waals surface area contributed by atoms with E-state index in [0.717, 1.165) is 45.6 Å². The van der Waals surface area contributed by atoms with Gasteiger partial charge in [-0.15, -0.1) is 0 Å². The van der Waals surface area contributed by atoms with Crippen molar-refractivity contribution in [2.24, 2.45) is 5.84 Å². The molecule has 0 bridgehead atoms. The molecule has 2 heterocycles. The number of benzene rings is 1. The minimum Gasteiger partial charge on any atom is -0.345 e. The van der Waals surface area contributed by atoms with E-state index in [-0.39, 0.29) is 24.1 Å². The molecule has 2 aromatic heterocycles. The summed E-state index contributed by atoms with van der Waals surface area (Å²) in [7, 11) is 0. The molecule has 3 rings (SSSR count). The summed E-state index contributed by atoms with van der Waals surface area (Å²) in [6.07, 6.45) is 4.88. The third kappa shape index (κ3) is 4.32. The van der Waals surface area contributed by atoms with E-state index in [1.165, 1.54) is 6.21 Å². The average Bonchev–Trinajstić information content (AvgIpc) is 3.06. The number of aromatic amines is 1. The molecule has 164 valence electrons. The molecule has 1 amide bonds. The van der Waals surface area contributed by atoms with Crippen LogP contribution in [0.1, 0.15) is 71.5 Å². The van der Waals surface area contributed by atoms with Gasteiger partial charge >= 0.3 is 0 Å². The van der Waals surface area contributed by atoms with Crippen molar-refractivity contribution in [3.05, 3.63) is 68.3 Å². The largest absolute Gasteiger partial charge is 0.345 e. The third-order valence-electron chi connectivity index (χ3n) is 5.57. The predicted octanol–water partition coefficient (Wildman–Crippen LogP) is 3.99. The van der Waals surface area contributed by atoms with Gasteiger partial charge in [-0.05, 0) is 69.0 Å². The Kier molecular flexibility index (Phi) is 6.45. The van der Waals surface area contributed by atoms with E-state index in [2.05, 4.69) is 23.4 Å². The van der Waals surface area contributed by atoms with Gasteiger partial charge in [0.2, 0.25) is 0 Å². The maximum atomic E-state index is 13.4. The van der Waals surface area contributed by atoms with Gasteiger partial charge in [0.25, 0.3) is 11.5 Å². The quantitative estimate of drug-likeness (QED) is 0.232. The normalized spacial score (nSPS) is 11.3. The van der Waals surface area contributed by atoms with Crippen LogP contribution >= 0.6 is 0 Å².